The molecule has 9 heteroatoms. The number of piperazine rings is 1. The van der Waals surface area contributed by atoms with Crippen molar-refractivity contribution in [3.63, 3.8) is 0 Å². The van der Waals surface area contributed by atoms with Crippen molar-refractivity contribution in [1.29, 1.82) is 0 Å². The number of thiazole rings is 1. The van der Waals surface area contributed by atoms with Gasteiger partial charge in [-0.25, -0.2) is 4.98 Å². The number of rotatable bonds is 5. The van der Waals surface area contributed by atoms with Gasteiger partial charge in [0, 0.05) is 30.9 Å². The van der Waals surface area contributed by atoms with Crippen LogP contribution in [-0.2, 0) is 19.8 Å². The molecule has 1 aromatic rings. The van der Waals surface area contributed by atoms with Crippen LogP contribution < -0.4 is 16.0 Å². The van der Waals surface area contributed by atoms with Crippen molar-refractivity contribution in [2.45, 2.75) is 38.6 Å². The van der Waals surface area contributed by atoms with E-state index in [9.17, 15) is 14.4 Å². The monoisotopic (exact) mass is 367 g/mol. The second-order valence-corrected chi connectivity index (χ2v) is 7.85. The first kappa shape index (κ1) is 19.3. The average Bonchev–Trinajstić information content (AvgIpc) is 2.99. The third-order valence-electron chi connectivity index (χ3n) is 3.96. The first-order valence-corrected chi connectivity index (χ1v) is 9.07. The second kappa shape index (κ2) is 7.92. The number of nitrogens with zero attached hydrogens (tertiary/aromatic N) is 2. The molecule has 0 spiro atoms. The molecule has 8 nitrogen and oxygen atoms in total. The summed E-state index contributed by atoms with van der Waals surface area (Å²) in [6, 6.07) is -0.638. The fourth-order valence-corrected chi connectivity index (χ4v) is 3.42. The van der Waals surface area contributed by atoms with Crippen molar-refractivity contribution in [3.8, 4) is 0 Å². The van der Waals surface area contributed by atoms with Crippen LogP contribution in [0, 0.1) is 0 Å². The van der Waals surface area contributed by atoms with Gasteiger partial charge in [0.1, 0.15) is 0 Å². The molecule has 0 radical (unpaired) electrons. The molecule has 1 aliphatic heterocycles. The van der Waals surface area contributed by atoms with E-state index in [2.05, 4.69) is 41.7 Å². The fourth-order valence-electron chi connectivity index (χ4n) is 2.47. The Kier molecular flexibility index (Phi) is 6.12. The maximum absolute atomic E-state index is 12.3. The highest BCUT2D eigenvalue weighted by molar-refractivity contribution is 7.13. The van der Waals surface area contributed by atoms with Gasteiger partial charge in [-0.1, -0.05) is 20.8 Å². The van der Waals surface area contributed by atoms with Gasteiger partial charge in [0.25, 0.3) is 0 Å². The first-order chi connectivity index (χ1) is 11.7. The highest BCUT2D eigenvalue weighted by Gasteiger charge is 2.32. The predicted octanol–water partition coefficient (Wildman–Crippen LogP) is 0.316. The van der Waals surface area contributed by atoms with Gasteiger partial charge < -0.3 is 16.0 Å². The molecule has 0 aromatic carbocycles. The normalized spacial score (nSPS) is 18.6. The Morgan fingerprint density at radius 1 is 1.40 bits per heavy atom. The molecule has 0 saturated carbocycles. The molecule has 3 N–H and O–H groups in total. The van der Waals surface area contributed by atoms with Crippen LogP contribution in [0.4, 0.5) is 5.13 Å². The minimum atomic E-state index is -0.638. The molecule has 25 heavy (non-hydrogen) atoms. The molecule has 138 valence electrons. The molecule has 1 saturated heterocycles. The number of carbonyl (C=O) groups excluding carboxylic acids is 3. The highest BCUT2D eigenvalue weighted by atomic mass is 32.1. The summed E-state index contributed by atoms with van der Waals surface area (Å²) < 4.78 is 0. The van der Waals surface area contributed by atoms with Gasteiger partial charge in [0.15, 0.2) is 5.13 Å². The quantitative estimate of drug-likeness (QED) is 0.695. The van der Waals surface area contributed by atoms with Crippen LogP contribution in [0.2, 0.25) is 0 Å². The van der Waals surface area contributed by atoms with Crippen molar-refractivity contribution in [2.24, 2.45) is 0 Å². The number of hydrogen-bond donors (Lipinski definition) is 3. The number of nitrogens with one attached hydrogen (secondary N) is 3. The van der Waals surface area contributed by atoms with E-state index in [-0.39, 0.29) is 36.1 Å². The maximum Gasteiger partial charge on any atom is 0.240 e. The summed E-state index contributed by atoms with van der Waals surface area (Å²) in [7, 11) is 1.52. The van der Waals surface area contributed by atoms with Crippen molar-refractivity contribution in [2.75, 3.05) is 32.0 Å². The van der Waals surface area contributed by atoms with Gasteiger partial charge in [-0.3, -0.25) is 19.3 Å². The van der Waals surface area contributed by atoms with Crippen LogP contribution in [0.3, 0.4) is 0 Å². The lowest BCUT2D eigenvalue weighted by molar-refractivity contribution is -0.135. The summed E-state index contributed by atoms with van der Waals surface area (Å²) in [4.78, 5) is 42.1. The molecular formula is C16H25N5O3S. The number of aromatic nitrogens is 1. The summed E-state index contributed by atoms with van der Waals surface area (Å²) in [5, 5.41) is 10.5. The van der Waals surface area contributed by atoms with Gasteiger partial charge in [-0.05, 0) is 0 Å². The average molecular weight is 367 g/mol. The third kappa shape index (κ3) is 5.23. The van der Waals surface area contributed by atoms with E-state index in [0.717, 1.165) is 5.69 Å². The van der Waals surface area contributed by atoms with E-state index < -0.39 is 6.04 Å². The van der Waals surface area contributed by atoms with Crippen LogP contribution in [0.5, 0.6) is 0 Å². The topological polar surface area (TPSA) is 103 Å². The largest absolute Gasteiger partial charge is 0.359 e. The zero-order chi connectivity index (χ0) is 18.6. The zero-order valence-corrected chi connectivity index (χ0v) is 15.8. The molecule has 2 rings (SSSR count). The van der Waals surface area contributed by atoms with Crippen LogP contribution in [-0.4, -0.2) is 60.3 Å². The molecule has 3 amide bonds. The minimum absolute atomic E-state index is 0.0288. The van der Waals surface area contributed by atoms with E-state index in [1.165, 1.54) is 18.4 Å². The number of carbonyl (C=O) groups is 3. The van der Waals surface area contributed by atoms with Crippen LogP contribution in [0.25, 0.3) is 0 Å². The maximum atomic E-state index is 12.3. The van der Waals surface area contributed by atoms with Gasteiger partial charge in [0.2, 0.25) is 17.7 Å². The Hall–Kier alpha value is -2.00. The van der Waals surface area contributed by atoms with Crippen molar-refractivity contribution < 1.29 is 14.4 Å². The first-order valence-electron chi connectivity index (χ1n) is 8.19. The Labute approximate surface area is 151 Å². The molecule has 0 bridgehead atoms. The molecule has 2 heterocycles. The van der Waals surface area contributed by atoms with Crippen LogP contribution in [0.15, 0.2) is 5.38 Å². The Morgan fingerprint density at radius 2 is 2.12 bits per heavy atom. The Balaban J connectivity index is 1.98. The molecule has 0 unspecified atom stereocenters. The van der Waals surface area contributed by atoms with E-state index in [1.807, 2.05) is 5.38 Å². The molecular weight excluding hydrogens is 342 g/mol. The molecule has 1 fully saturated rings. The molecule has 1 aromatic heterocycles. The lowest BCUT2D eigenvalue weighted by Crippen LogP contribution is -2.57. The van der Waals surface area contributed by atoms with Gasteiger partial charge >= 0.3 is 0 Å². The Morgan fingerprint density at radius 3 is 2.72 bits per heavy atom. The standard InChI is InChI=1S/C16H25N5O3S/c1-16(2,3)11-9-25-15(19-11)20-13(23)8-21-6-5-18-14(24)10(21)7-12(22)17-4/h9-10H,5-8H2,1-4H3,(H,17,22)(H,18,24)(H,19,20,23)/t10-/m0/s1. The molecule has 1 atom stereocenters. The third-order valence-corrected chi connectivity index (χ3v) is 4.72. The lowest BCUT2D eigenvalue weighted by atomic mass is 9.93. The second-order valence-electron chi connectivity index (χ2n) is 6.99. The van der Waals surface area contributed by atoms with Crippen LogP contribution >= 0.6 is 11.3 Å². The van der Waals surface area contributed by atoms with E-state index >= 15 is 0 Å². The Bertz CT molecular complexity index is 652. The highest BCUT2D eigenvalue weighted by Crippen LogP contribution is 2.26. The summed E-state index contributed by atoms with van der Waals surface area (Å²) in [5.41, 5.74) is 0.839. The SMILES string of the molecule is CNC(=O)C[C@H]1C(=O)NCCN1CC(=O)Nc1nc(C(C)(C)C)cs1. The number of amides is 3. The molecule has 0 aliphatic carbocycles. The van der Waals surface area contributed by atoms with E-state index in [1.54, 1.807) is 4.90 Å². The van der Waals surface area contributed by atoms with Crippen LogP contribution in [0.1, 0.15) is 32.9 Å². The number of anilines is 1. The fraction of sp³-hybridized carbons (Fsp3) is 0.625. The predicted molar refractivity (Wildman–Crippen MR) is 96.5 cm³/mol. The van der Waals surface area contributed by atoms with Crippen molar-refractivity contribution in [1.82, 2.24) is 20.5 Å². The van der Waals surface area contributed by atoms with Gasteiger partial charge in [-0.15, -0.1) is 11.3 Å². The minimum Gasteiger partial charge on any atom is -0.359 e. The number of hydrogen-bond acceptors (Lipinski definition) is 6. The smallest absolute Gasteiger partial charge is 0.240 e. The summed E-state index contributed by atoms with van der Waals surface area (Å²) in [6.07, 6.45) is 0.0288. The van der Waals surface area contributed by atoms with Crippen molar-refractivity contribution >= 4 is 34.2 Å². The van der Waals surface area contributed by atoms with Gasteiger partial charge in [0.05, 0.1) is 24.7 Å². The zero-order valence-electron chi connectivity index (χ0n) is 15.0. The van der Waals surface area contributed by atoms with E-state index in [4.69, 9.17) is 0 Å². The summed E-state index contributed by atoms with van der Waals surface area (Å²) in [5.74, 6) is -0.708. The summed E-state index contributed by atoms with van der Waals surface area (Å²) >= 11 is 1.38. The lowest BCUT2D eigenvalue weighted by Gasteiger charge is -2.33. The van der Waals surface area contributed by atoms with Crippen molar-refractivity contribution in [3.05, 3.63) is 11.1 Å². The summed E-state index contributed by atoms with van der Waals surface area (Å²) in [6.45, 7) is 7.20. The van der Waals surface area contributed by atoms with E-state index in [0.29, 0.717) is 18.2 Å². The van der Waals surface area contributed by atoms with Gasteiger partial charge in [-0.2, -0.15) is 0 Å². The molecule has 1 aliphatic rings.